The van der Waals surface area contributed by atoms with Crippen LogP contribution in [0.15, 0.2) is 28.8 Å². The van der Waals surface area contributed by atoms with Gasteiger partial charge < -0.3 is 9.42 Å². The van der Waals surface area contributed by atoms with Gasteiger partial charge in [-0.05, 0) is 43.5 Å². The maximum Gasteiger partial charge on any atom is 0.231 e. The molecule has 2 aromatic rings. The fourth-order valence-corrected chi connectivity index (χ4v) is 3.13. The second kappa shape index (κ2) is 7.79. The highest BCUT2D eigenvalue weighted by molar-refractivity contribution is 6.30. The van der Waals surface area contributed by atoms with E-state index in [2.05, 4.69) is 17.1 Å². The normalized spacial score (nSPS) is 17.9. The van der Waals surface area contributed by atoms with Crippen molar-refractivity contribution in [1.82, 2.24) is 15.0 Å². The third-order valence-electron chi connectivity index (χ3n) is 4.41. The van der Waals surface area contributed by atoms with Crippen molar-refractivity contribution >= 4 is 17.5 Å². The lowest BCUT2D eigenvalue weighted by Crippen LogP contribution is -2.39. The zero-order chi connectivity index (χ0) is 16.9. The highest BCUT2D eigenvalue weighted by atomic mass is 35.5. The van der Waals surface area contributed by atoms with Gasteiger partial charge in [-0.3, -0.25) is 4.79 Å². The van der Waals surface area contributed by atoms with E-state index in [-0.39, 0.29) is 11.8 Å². The van der Waals surface area contributed by atoms with Crippen molar-refractivity contribution in [2.45, 2.75) is 44.9 Å². The lowest BCUT2D eigenvalue weighted by molar-refractivity contribution is -0.132. The molecule has 1 saturated heterocycles. The van der Waals surface area contributed by atoms with E-state index in [1.807, 2.05) is 29.2 Å². The first-order valence-electron chi connectivity index (χ1n) is 8.54. The summed E-state index contributed by atoms with van der Waals surface area (Å²) in [6.45, 7) is 3.60. The van der Waals surface area contributed by atoms with Crippen LogP contribution in [0.3, 0.4) is 0 Å². The van der Waals surface area contributed by atoms with Gasteiger partial charge in [0.25, 0.3) is 0 Å². The molecule has 3 rings (SSSR count). The summed E-state index contributed by atoms with van der Waals surface area (Å²) < 4.78 is 5.47. The molecule has 0 saturated carbocycles. The highest BCUT2D eigenvalue weighted by Crippen LogP contribution is 2.28. The Morgan fingerprint density at radius 2 is 2.17 bits per heavy atom. The second-order valence-electron chi connectivity index (χ2n) is 6.25. The van der Waals surface area contributed by atoms with Crippen LogP contribution in [0.2, 0.25) is 5.02 Å². The van der Waals surface area contributed by atoms with E-state index in [0.717, 1.165) is 37.8 Å². The van der Waals surface area contributed by atoms with E-state index < -0.39 is 0 Å². The minimum Gasteiger partial charge on any atom is -0.342 e. The Hall–Kier alpha value is -1.88. The van der Waals surface area contributed by atoms with Crippen LogP contribution in [0.25, 0.3) is 11.4 Å². The zero-order valence-corrected chi connectivity index (χ0v) is 14.6. The van der Waals surface area contributed by atoms with Gasteiger partial charge in [0.1, 0.15) is 0 Å². The maximum absolute atomic E-state index is 12.2. The first-order chi connectivity index (χ1) is 11.7. The number of halogens is 1. The molecule has 5 nitrogen and oxygen atoms in total. The smallest absolute Gasteiger partial charge is 0.231 e. The SMILES string of the molecule is CCCCC(=O)N1CCC[C@H](c2nc(-c3ccc(Cl)cc3)no2)C1. The Morgan fingerprint density at radius 1 is 1.38 bits per heavy atom. The number of carbonyl (C=O) groups is 1. The molecule has 24 heavy (non-hydrogen) atoms. The van der Waals surface area contributed by atoms with E-state index in [1.54, 1.807) is 0 Å². The summed E-state index contributed by atoms with van der Waals surface area (Å²) in [7, 11) is 0. The van der Waals surface area contributed by atoms with Gasteiger partial charge in [-0.1, -0.05) is 30.1 Å². The Morgan fingerprint density at radius 3 is 2.92 bits per heavy atom. The number of benzene rings is 1. The number of amides is 1. The average Bonchev–Trinajstić information content (AvgIpc) is 3.10. The molecular weight excluding hydrogens is 326 g/mol. The number of nitrogens with zero attached hydrogens (tertiary/aromatic N) is 3. The van der Waals surface area contributed by atoms with Gasteiger partial charge in [-0.2, -0.15) is 4.98 Å². The Kier molecular flexibility index (Phi) is 5.51. The molecule has 0 bridgehead atoms. The van der Waals surface area contributed by atoms with Crippen molar-refractivity contribution in [2.24, 2.45) is 0 Å². The molecule has 1 fully saturated rings. The number of likely N-dealkylation sites (tertiary alicyclic amines) is 1. The molecule has 1 aliphatic rings. The molecule has 6 heteroatoms. The number of rotatable bonds is 5. The molecule has 1 atom stereocenters. The van der Waals surface area contributed by atoms with Crippen LogP contribution >= 0.6 is 11.6 Å². The number of carbonyl (C=O) groups excluding carboxylic acids is 1. The van der Waals surface area contributed by atoms with Crippen molar-refractivity contribution in [1.29, 1.82) is 0 Å². The molecule has 1 amide bonds. The summed E-state index contributed by atoms with van der Waals surface area (Å²) in [4.78, 5) is 18.7. The fraction of sp³-hybridized carbons (Fsp3) is 0.500. The van der Waals surface area contributed by atoms with Crippen LogP contribution in [-0.4, -0.2) is 34.0 Å². The van der Waals surface area contributed by atoms with Crippen LogP contribution in [0.4, 0.5) is 0 Å². The van der Waals surface area contributed by atoms with Crippen molar-refractivity contribution < 1.29 is 9.32 Å². The summed E-state index contributed by atoms with van der Waals surface area (Å²) in [6, 6.07) is 7.36. The Labute approximate surface area is 147 Å². The van der Waals surface area contributed by atoms with Crippen LogP contribution in [0.5, 0.6) is 0 Å². The lowest BCUT2D eigenvalue weighted by Gasteiger charge is -2.31. The van der Waals surface area contributed by atoms with Crippen LogP contribution in [0.1, 0.15) is 50.8 Å². The minimum atomic E-state index is 0.123. The number of hydrogen-bond donors (Lipinski definition) is 0. The summed E-state index contributed by atoms with van der Waals surface area (Å²) in [5, 5.41) is 4.75. The van der Waals surface area contributed by atoms with E-state index >= 15 is 0 Å². The molecular formula is C18H22ClN3O2. The van der Waals surface area contributed by atoms with Crippen molar-refractivity contribution in [3.05, 3.63) is 35.2 Å². The quantitative estimate of drug-likeness (QED) is 0.809. The average molecular weight is 348 g/mol. The lowest BCUT2D eigenvalue weighted by atomic mass is 9.97. The van der Waals surface area contributed by atoms with Gasteiger partial charge in [-0.25, -0.2) is 0 Å². The fourth-order valence-electron chi connectivity index (χ4n) is 3.01. The first-order valence-corrected chi connectivity index (χ1v) is 8.92. The minimum absolute atomic E-state index is 0.123. The van der Waals surface area contributed by atoms with E-state index in [1.165, 1.54) is 0 Å². The molecule has 0 aliphatic carbocycles. The van der Waals surface area contributed by atoms with Crippen molar-refractivity contribution in [3.8, 4) is 11.4 Å². The number of piperidine rings is 1. The molecule has 0 unspecified atom stereocenters. The van der Waals surface area contributed by atoms with Gasteiger partial charge in [0.15, 0.2) is 0 Å². The number of unbranched alkanes of at least 4 members (excludes halogenated alkanes) is 1. The van der Waals surface area contributed by atoms with E-state index in [0.29, 0.717) is 29.7 Å². The molecule has 2 heterocycles. The van der Waals surface area contributed by atoms with Gasteiger partial charge >= 0.3 is 0 Å². The van der Waals surface area contributed by atoms with Crippen LogP contribution in [0, 0.1) is 0 Å². The largest absolute Gasteiger partial charge is 0.342 e. The summed E-state index contributed by atoms with van der Waals surface area (Å²) >= 11 is 5.91. The van der Waals surface area contributed by atoms with Gasteiger partial charge in [0.05, 0.1) is 5.92 Å². The monoisotopic (exact) mass is 347 g/mol. The molecule has 128 valence electrons. The third kappa shape index (κ3) is 3.96. The van der Waals surface area contributed by atoms with Gasteiger partial charge in [0.2, 0.25) is 17.6 Å². The molecule has 1 aromatic carbocycles. The maximum atomic E-state index is 12.2. The molecule has 0 radical (unpaired) electrons. The Balaban J connectivity index is 1.68. The zero-order valence-electron chi connectivity index (χ0n) is 13.9. The predicted molar refractivity (Wildman–Crippen MR) is 92.8 cm³/mol. The van der Waals surface area contributed by atoms with Crippen molar-refractivity contribution in [2.75, 3.05) is 13.1 Å². The molecule has 0 N–H and O–H groups in total. The molecule has 1 aliphatic heterocycles. The first kappa shape index (κ1) is 17.0. The second-order valence-corrected chi connectivity index (χ2v) is 6.68. The number of hydrogen-bond acceptors (Lipinski definition) is 4. The highest BCUT2D eigenvalue weighted by Gasteiger charge is 2.28. The summed E-state index contributed by atoms with van der Waals surface area (Å²) in [5.41, 5.74) is 0.876. The van der Waals surface area contributed by atoms with E-state index in [4.69, 9.17) is 16.1 Å². The predicted octanol–water partition coefficient (Wildman–Crippen LogP) is 4.29. The van der Waals surface area contributed by atoms with Crippen LogP contribution in [-0.2, 0) is 4.79 Å². The number of aromatic nitrogens is 2. The van der Waals surface area contributed by atoms with Crippen LogP contribution < -0.4 is 0 Å². The molecule has 0 spiro atoms. The standard InChI is InChI=1S/C18H22ClN3O2/c1-2-3-6-16(23)22-11-4-5-14(12-22)18-20-17(21-24-18)13-7-9-15(19)10-8-13/h7-10,14H,2-6,11-12H2,1H3/t14-/m0/s1. The molecule has 1 aromatic heterocycles. The van der Waals surface area contributed by atoms with Crippen molar-refractivity contribution in [3.63, 3.8) is 0 Å². The summed E-state index contributed by atoms with van der Waals surface area (Å²) in [6.07, 6.45) is 4.56. The van der Waals surface area contributed by atoms with E-state index in [9.17, 15) is 4.79 Å². The van der Waals surface area contributed by atoms with Gasteiger partial charge in [0, 0.05) is 30.1 Å². The Bertz CT molecular complexity index is 684. The summed E-state index contributed by atoms with van der Waals surface area (Å²) in [5.74, 6) is 1.54. The topological polar surface area (TPSA) is 59.2 Å². The third-order valence-corrected chi connectivity index (χ3v) is 4.66. The van der Waals surface area contributed by atoms with Gasteiger partial charge in [-0.15, -0.1) is 0 Å².